The number of phenols is 1. The van der Waals surface area contributed by atoms with Crippen LogP contribution in [-0.2, 0) is 6.42 Å². The van der Waals surface area contributed by atoms with Crippen molar-refractivity contribution in [3.8, 4) is 17.1 Å². The van der Waals surface area contributed by atoms with Gasteiger partial charge in [0.25, 0.3) is 0 Å². The first kappa shape index (κ1) is 13.0. The molecule has 0 atom stereocenters. The van der Waals surface area contributed by atoms with E-state index in [1.54, 1.807) is 0 Å². The van der Waals surface area contributed by atoms with Crippen molar-refractivity contribution in [1.82, 2.24) is 15.2 Å². The third-order valence-electron chi connectivity index (χ3n) is 2.58. The lowest BCUT2D eigenvalue weighted by atomic mass is 10.2. The van der Waals surface area contributed by atoms with Gasteiger partial charge in [0.15, 0.2) is 11.6 Å². The molecular weight excluding hydrogens is 250 g/mol. The molecule has 0 aliphatic heterocycles. The molecule has 2 rings (SSSR count). The van der Waals surface area contributed by atoms with Crippen LogP contribution >= 0.6 is 0 Å². The molecule has 1 heterocycles. The fraction of sp³-hybridized carbons (Fsp3) is 0.273. The number of aromatic amines is 1. The summed E-state index contributed by atoms with van der Waals surface area (Å²) in [6.07, 6.45) is 1.45. The highest BCUT2D eigenvalue weighted by atomic mass is 16.6. The van der Waals surface area contributed by atoms with E-state index in [-0.39, 0.29) is 11.4 Å². The van der Waals surface area contributed by atoms with Gasteiger partial charge in [-0.05, 0) is 25.1 Å². The summed E-state index contributed by atoms with van der Waals surface area (Å²) >= 11 is 0. The lowest BCUT2D eigenvalue weighted by Gasteiger charge is -1.98. The molecule has 8 nitrogen and oxygen atoms in total. The topological polar surface area (TPSA) is 131 Å². The number of nitro benzene ring substituents is 1. The van der Waals surface area contributed by atoms with E-state index in [9.17, 15) is 15.2 Å². The Morgan fingerprint density at radius 3 is 2.95 bits per heavy atom. The third kappa shape index (κ3) is 2.86. The fourth-order valence-corrected chi connectivity index (χ4v) is 1.61. The number of phenolic OH excluding ortho intramolecular Hbond substituents is 1. The molecule has 8 heteroatoms. The van der Waals surface area contributed by atoms with E-state index >= 15 is 0 Å². The SMILES string of the molecule is NCCCc1nc(-c2ccc(O)c([N+](=O)[O-])c2)n[nH]1. The van der Waals surface area contributed by atoms with Crippen molar-refractivity contribution in [2.24, 2.45) is 5.73 Å². The van der Waals surface area contributed by atoms with Gasteiger partial charge >= 0.3 is 5.69 Å². The Kier molecular flexibility index (Phi) is 3.71. The molecule has 0 aliphatic carbocycles. The number of hydrogen-bond acceptors (Lipinski definition) is 6. The summed E-state index contributed by atoms with van der Waals surface area (Å²) < 4.78 is 0. The van der Waals surface area contributed by atoms with Crippen molar-refractivity contribution in [3.63, 3.8) is 0 Å². The van der Waals surface area contributed by atoms with E-state index in [2.05, 4.69) is 15.2 Å². The highest BCUT2D eigenvalue weighted by molar-refractivity contribution is 5.63. The van der Waals surface area contributed by atoms with Gasteiger partial charge in [-0.2, -0.15) is 5.10 Å². The number of nitrogens with two attached hydrogens (primary N) is 1. The minimum Gasteiger partial charge on any atom is -0.502 e. The lowest BCUT2D eigenvalue weighted by Crippen LogP contribution is -2.01. The average molecular weight is 263 g/mol. The van der Waals surface area contributed by atoms with E-state index < -0.39 is 4.92 Å². The normalized spacial score (nSPS) is 10.6. The Bertz CT molecular complexity index is 596. The van der Waals surface area contributed by atoms with Crippen molar-refractivity contribution in [3.05, 3.63) is 34.1 Å². The largest absolute Gasteiger partial charge is 0.502 e. The Balaban J connectivity index is 2.29. The van der Waals surface area contributed by atoms with Crippen LogP contribution in [0.15, 0.2) is 18.2 Å². The smallest absolute Gasteiger partial charge is 0.311 e. The molecule has 0 amide bonds. The van der Waals surface area contributed by atoms with Crippen molar-refractivity contribution in [1.29, 1.82) is 0 Å². The van der Waals surface area contributed by atoms with Crippen LogP contribution in [0.1, 0.15) is 12.2 Å². The average Bonchev–Trinajstić information content (AvgIpc) is 2.85. The fourth-order valence-electron chi connectivity index (χ4n) is 1.61. The lowest BCUT2D eigenvalue weighted by molar-refractivity contribution is -0.385. The molecule has 0 saturated heterocycles. The summed E-state index contributed by atoms with van der Waals surface area (Å²) in [4.78, 5) is 14.3. The Hall–Kier alpha value is -2.48. The number of aromatic nitrogens is 3. The number of nitrogens with one attached hydrogen (secondary N) is 1. The molecule has 4 N–H and O–H groups in total. The molecule has 1 aromatic heterocycles. The zero-order chi connectivity index (χ0) is 13.8. The first-order valence-electron chi connectivity index (χ1n) is 5.71. The van der Waals surface area contributed by atoms with Gasteiger partial charge < -0.3 is 10.8 Å². The summed E-state index contributed by atoms with van der Waals surface area (Å²) in [5, 5.41) is 26.8. The summed E-state index contributed by atoms with van der Waals surface area (Å²) in [5.41, 5.74) is 5.50. The van der Waals surface area contributed by atoms with Gasteiger partial charge in [0.1, 0.15) is 5.82 Å². The predicted octanol–water partition coefficient (Wildman–Crippen LogP) is 0.977. The number of hydrogen-bond donors (Lipinski definition) is 3. The number of aromatic hydroxyl groups is 1. The van der Waals surface area contributed by atoms with Crippen molar-refractivity contribution < 1.29 is 10.0 Å². The molecule has 100 valence electrons. The maximum Gasteiger partial charge on any atom is 0.311 e. The standard InChI is InChI=1S/C11H13N5O3/c12-5-1-2-10-13-11(15-14-10)7-3-4-9(17)8(6-7)16(18)19/h3-4,6,17H,1-2,5,12H2,(H,13,14,15). The van der Waals surface area contributed by atoms with Crippen LogP contribution in [0.4, 0.5) is 5.69 Å². The van der Waals surface area contributed by atoms with Crippen LogP contribution in [-0.4, -0.2) is 31.8 Å². The Labute approximate surface area is 108 Å². The predicted molar refractivity (Wildman–Crippen MR) is 67.5 cm³/mol. The quantitative estimate of drug-likeness (QED) is 0.544. The minimum atomic E-state index is -0.652. The molecule has 1 aromatic carbocycles. The number of rotatable bonds is 5. The second-order valence-electron chi connectivity index (χ2n) is 3.96. The maximum atomic E-state index is 10.7. The molecular formula is C11H13N5O3. The molecule has 19 heavy (non-hydrogen) atoms. The van der Waals surface area contributed by atoms with E-state index in [1.807, 2.05) is 0 Å². The monoisotopic (exact) mass is 263 g/mol. The van der Waals surface area contributed by atoms with Gasteiger partial charge in [0, 0.05) is 18.1 Å². The number of benzene rings is 1. The van der Waals surface area contributed by atoms with Crippen LogP contribution in [0.25, 0.3) is 11.4 Å². The molecule has 0 radical (unpaired) electrons. The van der Waals surface area contributed by atoms with E-state index in [1.165, 1.54) is 18.2 Å². The summed E-state index contributed by atoms with van der Waals surface area (Å²) in [6, 6.07) is 4.02. The van der Waals surface area contributed by atoms with Crippen LogP contribution in [0.3, 0.4) is 0 Å². The van der Waals surface area contributed by atoms with Crippen LogP contribution < -0.4 is 5.73 Å². The minimum absolute atomic E-state index is 0.357. The summed E-state index contributed by atoms with van der Waals surface area (Å²) in [7, 11) is 0. The second-order valence-corrected chi connectivity index (χ2v) is 3.96. The van der Waals surface area contributed by atoms with Crippen molar-refractivity contribution >= 4 is 5.69 Å². The van der Waals surface area contributed by atoms with Gasteiger partial charge in [-0.15, -0.1) is 0 Å². The number of H-pyrrole nitrogens is 1. The zero-order valence-electron chi connectivity index (χ0n) is 10.0. The highest BCUT2D eigenvalue weighted by Gasteiger charge is 2.16. The van der Waals surface area contributed by atoms with Gasteiger partial charge in [-0.3, -0.25) is 15.2 Å². The number of nitro groups is 1. The first-order chi connectivity index (χ1) is 9.11. The Morgan fingerprint density at radius 1 is 1.47 bits per heavy atom. The zero-order valence-corrected chi connectivity index (χ0v) is 10.0. The number of aryl methyl sites for hydroxylation is 1. The summed E-state index contributed by atoms with van der Waals surface area (Å²) in [5.74, 6) is 0.652. The second kappa shape index (κ2) is 5.44. The molecule has 0 unspecified atom stereocenters. The molecule has 0 aliphatic rings. The Morgan fingerprint density at radius 2 is 2.26 bits per heavy atom. The number of nitrogens with zero attached hydrogens (tertiary/aromatic N) is 3. The van der Waals surface area contributed by atoms with Crippen molar-refractivity contribution in [2.45, 2.75) is 12.8 Å². The molecule has 0 fully saturated rings. The van der Waals surface area contributed by atoms with Gasteiger partial charge in [-0.1, -0.05) is 0 Å². The van der Waals surface area contributed by atoms with Crippen LogP contribution in [0.5, 0.6) is 5.75 Å². The molecule has 0 saturated carbocycles. The van der Waals surface area contributed by atoms with Crippen molar-refractivity contribution in [2.75, 3.05) is 6.54 Å². The molecule has 0 spiro atoms. The van der Waals surface area contributed by atoms with E-state index in [0.29, 0.717) is 30.2 Å². The maximum absolute atomic E-state index is 10.7. The van der Waals surface area contributed by atoms with Crippen LogP contribution in [0, 0.1) is 10.1 Å². The molecule has 0 bridgehead atoms. The van der Waals surface area contributed by atoms with Gasteiger partial charge in [-0.25, -0.2) is 4.98 Å². The summed E-state index contributed by atoms with van der Waals surface area (Å²) in [6.45, 7) is 0.556. The first-order valence-corrected chi connectivity index (χ1v) is 5.71. The third-order valence-corrected chi connectivity index (χ3v) is 2.58. The van der Waals surface area contributed by atoms with E-state index in [0.717, 1.165) is 6.42 Å². The highest BCUT2D eigenvalue weighted by Crippen LogP contribution is 2.29. The van der Waals surface area contributed by atoms with Crippen LogP contribution in [0.2, 0.25) is 0 Å². The molecule has 2 aromatic rings. The van der Waals surface area contributed by atoms with Gasteiger partial charge in [0.05, 0.1) is 4.92 Å². The van der Waals surface area contributed by atoms with E-state index in [4.69, 9.17) is 5.73 Å². The van der Waals surface area contributed by atoms with Gasteiger partial charge in [0.2, 0.25) is 0 Å².